The van der Waals surface area contributed by atoms with Gasteiger partial charge in [0.2, 0.25) is 0 Å². The molecule has 0 bridgehead atoms. The highest BCUT2D eigenvalue weighted by Crippen LogP contribution is 2.25. The minimum absolute atomic E-state index is 0.876. The molecule has 0 heterocycles. The molecule has 90 valence electrons. The van der Waals surface area contributed by atoms with Gasteiger partial charge in [0.25, 0.3) is 0 Å². The summed E-state index contributed by atoms with van der Waals surface area (Å²) in [6.07, 6.45) is 6.48. The van der Waals surface area contributed by atoms with E-state index in [2.05, 4.69) is 41.5 Å². The van der Waals surface area contributed by atoms with E-state index in [9.17, 15) is 0 Å². The van der Waals surface area contributed by atoms with Crippen LogP contribution in [0.15, 0.2) is 11.1 Å². The van der Waals surface area contributed by atoms with Crippen molar-refractivity contribution < 1.29 is 0 Å². The first-order valence-electron chi connectivity index (χ1n) is 6.74. The average molecular weight is 210 g/mol. The Balaban J connectivity index is 4.12. The minimum Gasteiger partial charge on any atom is -0.0744 e. The maximum atomic E-state index is 2.41. The molecule has 15 heavy (non-hydrogen) atoms. The summed E-state index contributed by atoms with van der Waals surface area (Å²) in [7, 11) is 0. The highest BCUT2D eigenvalue weighted by molar-refractivity contribution is 5.11. The molecule has 0 saturated carbocycles. The van der Waals surface area contributed by atoms with Gasteiger partial charge in [0.05, 0.1) is 0 Å². The monoisotopic (exact) mass is 210 g/mol. The quantitative estimate of drug-likeness (QED) is 0.481. The third kappa shape index (κ3) is 5.39. The predicted octanol–water partition coefficient (Wildman–Crippen LogP) is 5.59. The van der Waals surface area contributed by atoms with Gasteiger partial charge in [-0.3, -0.25) is 0 Å². The molecular weight excluding hydrogens is 180 g/mol. The molecule has 0 spiro atoms. The molecule has 2 atom stereocenters. The van der Waals surface area contributed by atoms with Crippen molar-refractivity contribution in [3.8, 4) is 0 Å². The van der Waals surface area contributed by atoms with Gasteiger partial charge in [-0.25, -0.2) is 0 Å². The Morgan fingerprint density at radius 1 is 0.933 bits per heavy atom. The van der Waals surface area contributed by atoms with Gasteiger partial charge in [-0.1, -0.05) is 52.2 Å². The maximum Gasteiger partial charge on any atom is -0.0315 e. The van der Waals surface area contributed by atoms with Crippen LogP contribution in [-0.2, 0) is 0 Å². The second-order valence-corrected chi connectivity index (χ2v) is 4.99. The Kier molecular flexibility index (Phi) is 7.82. The Morgan fingerprint density at radius 2 is 1.53 bits per heavy atom. The standard InChI is InChI=1S/C15H30/c1-7-12(4)14(6)10-11-15(9-3)13(5)8-2/h12,14H,7-11H2,1-6H3. The predicted molar refractivity (Wildman–Crippen MR) is 71.1 cm³/mol. The van der Waals surface area contributed by atoms with Gasteiger partial charge < -0.3 is 0 Å². The fourth-order valence-electron chi connectivity index (χ4n) is 2.03. The van der Waals surface area contributed by atoms with Crippen molar-refractivity contribution in [3.63, 3.8) is 0 Å². The summed E-state index contributed by atoms with van der Waals surface area (Å²) < 4.78 is 0. The van der Waals surface area contributed by atoms with Crippen molar-refractivity contribution in [1.29, 1.82) is 0 Å². The van der Waals surface area contributed by atoms with Crippen LogP contribution in [0.4, 0.5) is 0 Å². The summed E-state index contributed by atoms with van der Waals surface area (Å²) in [5.41, 5.74) is 3.32. The molecule has 0 aromatic heterocycles. The van der Waals surface area contributed by atoms with Gasteiger partial charge in [-0.15, -0.1) is 0 Å². The van der Waals surface area contributed by atoms with Crippen LogP contribution >= 0.6 is 0 Å². The molecule has 0 rings (SSSR count). The van der Waals surface area contributed by atoms with Crippen LogP contribution in [0.5, 0.6) is 0 Å². The molecule has 0 N–H and O–H groups in total. The molecule has 0 saturated heterocycles. The van der Waals surface area contributed by atoms with Crippen molar-refractivity contribution in [2.75, 3.05) is 0 Å². The van der Waals surface area contributed by atoms with E-state index in [1.165, 1.54) is 32.1 Å². The summed E-state index contributed by atoms with van der Waals surface area (Å²) in [5.74, 6) is 1.76. The number of allylic oxidation sites excluding steroid dienone is 2. The van der Waals surface area contributed by atoms with E-state index in [1.54, 1.807) is 11.1 Å². The third-order valence-electron chi connectivity index (χ3n) is 4.08. The van der Waals surface area contributed by atoms with Crippen LogP contribution in [0.2, 0.25) is 0 Å². The molecule has 0 aliphatic carbocycles. The lowest BCUT2D eigenvalue weighted by Gasteiger charge is -2.19. The first kappa shape index (κ1) is 14.7. The lowest BCUT2D eigenvalue weighted by Crippen LogP contribution is -2.07. The fourth-order valence-corrected chi connectivity index (χ4v) is 2.03. The zero-order chi connectivity index (χ0) is 11.8. The lowest BCUT2D eigenvalue weighted by atomic mass is 9.87. The molecule has 0 aliphatic heterocycles. The molecule has 0 aromatic carbocycles. The van der Waals surface area contributed by atoms with Gasteiger partial charge in [0, 0.05) is 0 Å². The molecule has 0 aromatic rings. The van der Waals surface area contributed by atoms with Gasteiger partial charge in [0.1, 0.15) is 0 Å². The van der Waals surface area contributed by atoms with E-state index in [1.807, 2.05) is 0 Å². The zero-order valence-electron chi connectivity index (χ0n) is 11.7. The summed E-state index contributed by atoms with van der Waals surface area (Å²) in [5, 5.41) is 0. The molecule has 0 nitrogen and oxygen atoms in total. The Hall–Kier alpha value is -0.260. The van der Waals surface area contributed by atoms with Crippen LogP contribution in [0.25, 0.3) is 0 Å². The first-order valence-corrected chi connectivity index (χ1v) is 6.74. The second kappa shape index (κ2) is 7.96. The Bertz CT molecular complexity index is 188. The van der Waals surface area contributed by atoms with Crippen LogP contribution in [-0.4, -0.2) is 0 Å². The molecule has 0 amide bonds. The molecular formula is C15H30. The average Bonchev–Trinajstić information content (AvgIpc) is 2.27. The van der Waals surface area contributed by atoms with E-state index in [4.69, 9.17) is 0 Å². The van der Waals surface area contributed by atoms with E-state index >= 15 is 0 Å². The highest BCUT2D eigenvalue weighted by Gasteiger charge is 2.10. The van der Waals surface area contributed by atoms with Crippen LogP contribution in [0.3, 0.4) is 0 Å². The van der Waals surface area contributed by atoms with E-state index in [0.717, 1.165) is 11.8 Å². The first-order chi connectivity index (χ1) is 7.06. The lowest BCUT2D eigenvalue weighted by molar-refractivity contribution is 0.354. The van der Waals surface area contributed by atoms with Crippen molar-refractivity contribution in [3.05, 3.63) is 11.1 Å². The highest BCUT2D eigenvalue weighted by atomic mass is 14.2. The van der Waals surface area contributed by atoms with Crippen molar-refractivity contribution >= 4 is 0 Å². The Morgan fingerprint density at radius 3 is 1.93 bits per heavy atom. The van der Waals surface area contributed by atoms with Crippen molar-refractivity contribution in [2.45, 2.75) is 73.6 Å². The topological polar surface area (TPSA) is 0 Å². The van der Waals surface area contributed by atoms with Gasteiger partial charge in [-0.05, 0) is 44.4 Å². The molecule has 2 unspecified atom stereocenters. The van der Waals surface area contributed by atoms with E-state index < -0.39 is 0 Å². The third-order valence-corrected chi connectivity index (χ3v) is 4.08. The smallest absolute Gasteiger partial charge is 0.0315 e. The SMILES string of the molecule is CCC(C)=C(CC)CCC(C)C(C)CC. The molecule has 0 fully saturated rings. The largest absolute Gasteiger partial charge is 0.0744 e. The van der Waals surface area contributed by atoms with Crippen LogP contribution in [0, 0.1) is 11.8 Å². The zero-order valence-corrected chi connectivity index (χ0v) is 11.7. The number of hydrogen-bond acceptors (Lipinski definition) is 0. The summed E-state index contributed by atoms with van der Waals surface area (Å²) in [4.78, 5) is 0. The number of rotatable bonds is 7. The minimum atomic E-state index is 0.876. The number of hydrogen-bond donors (Lipinski definition) is 0. The van der Waals surface area contributed by atoms with E-state index in [-0.39, 0.29) is 0 Å². The van der Waals surface area contributed by atoms with Crippen LogP contribution in [0.1, 0.15) is 73.6 Å². The Labute approximate surface area is 97.2 Å². The normalized spacial score (nSPS) is 17.2. The maximum absolute atomic E-state index is 2.41. The van der Waals surface area contributed by atoms with Crippen LogP contribution < -0.4 is 0 Å². The summed E-state index contributed by atoms with van der Waals surface area (Å²) in [6, 6.07) is 0. The second-order valence-electron chi connectivity index (χ2n) is 4.99. The molecule has 0 aliphatic rings. The summed E-state index contributed by atoms with van der Waals surface area (Å²) in [6.45, 7) is 13.9. The van der Waals surface area contributed by atoms with Crippen molar-refractivity contribution in [2.24, 2.45) is 11.8 Å². The van der Waals surface area contributed by atoms with Gasteiger partial charge >= 0.3 is 0 Å². The van der Waals surface area contributed by atoms with Gasteiger partial charge in [0.15, 0.2) is 0 Å². The van der Waals surface area contributed by atoms with Crippen molar-refractivity contribution in [1.82, 2.24) is 0 Å². The summed E-state index contributed by atoms with van der Waals surface area (Å²) >= 11 is 0. The molecule has 0 radical (unpaired) electrons. The fraction of sp³-hybridized carbons (Fsp3) is 0.867. The van der Waals surface area contributed by atoms with E-state index in [0.29, 0.717) is 0 Å². The van der Waals surface area contributed by atoms with Gasteiger partial charge in [-0.2, -0.15) is 0 Å². The molecule has 0 heteroatoms.